The molecule has 1 aromatic rings. The van der Waals surface area contributed by atoms with E-state index >= 15 is 0 Å². The Kier molecular flexibility index (Phi) is 6.02. The number of alkyl halides is 4. The van der Waals surface area contributed by atoms with Crippen molar-refractivity contribution in [2.24, 2.45) is 0 Å². The summed E-state index contributed by atoms with van der Waals surface area (Å²) < 4.78 is 45.0. The molecule has 4 nitrogen and oxygen atoms in total. The van der Waals surface area contributed by atoms with Crippen molar-refractivity contribution in [2.75, 3.05) is 12.5 Å². The lowest BCUT2D eigenvalue weighted by atomic mass is 10.0. The van der Waals surface area contributed by atoms with Crippen LogP contribution >= 0.6 is 11.6 Å². The SMILES string of the molecule is CCOC(=O)c1cc(OC(F)(F)F)ccc1C(=O)CCCl. The highest BCUT2D eigenvalue weighted by Gasteiger charge is 2.32. The van der Waals surface area contributed by atoms with Gasteiger partial charge in [-0.05, 0) is 25.1 Å². The predicted molar refractivity (Wildman–Crippen MR) is 68.7 cm³/mol. The van der Waals surface area contributed by atoms with Crippen molar-refractivity contribution >= 4 is 23.4 Å². The van der Waals surface area contributed by atoms with Crippen LogP contribution in [0.1, 0.15) is 34.1 Å². The fourth-order valence-electron chi connectivity index (χ4n) is 1.56. The van der Waals surface area contributed by atoms with Crippen LogP contribution in [-0.2, 0) is 4.74 Å². The van der Waals surface area contributed by atoms with Crippen LogP contribution in [0.4, 0.5) is 13.2 Å². The highest BCUT2D eigenvalue weighted by molar-refractivity contribution is 6.20. The maximum atomic E-state index is 12.2. The molecule has 0 bridgehead atoms. The molecule has 0 atom stereocenters. The van der Waals surface area contributed by atoms with Gasteiger partial charge in [0.25, 0.3) is 0 Å². The van der Waals surface area contributed by atoms with E-state index in [1.165, 1.54) is 6.92 Å². The molecule has 0 aromatic heterocycles. The lowest BCUT2D eigenvalue weighted by Gasteiger charge is -2.12. The molecular weight excluding hydrogens is 313 g/mol. The van der Waals surface area contributed by atoms with E-state index in [0.717, 1.165) is 18.2 Å². The Balaban J connectivity index is 3.19. The molecule has 0 saturated heterocycles. The lowest BCUT2D eigenvalue weighted by molar-refractivity contribution is -0.274. The monoisotopic (exact) mass is 324 g/mol. The Bertz CT molecular complexity index is 529. The number of ether oxygens (including phenoxy) is 2. The Labute approximate surface area is 123 Å². The van der Waals surface area contributed by atoms with E-state index in [4.69, 9.17) is 16.3 Å². The first kappa shape index (κ1) is 17.3. The Morgan fingerprint density at radius 1 is 1.24 bits per heavy atom. The van der Waals surface area contributed by atoms with Crippen LogP contribution in [0.3, 0.4) is 0 Å². The first-order valence-corrected chi connectivity index (χ1v) is 6.48. The molecule has 1 aromatic carbocycles. The summed E-state index contributed by atoms with van der Waals surface area (Å²) in [6.45, 7) is 1.56. The van der Waals surface area contributed by atoms with E-state index in [0.29, 0.717) is 0 Å². The minimum absolute atomic E-state index is 0.0202. The summed E-state index contributed by atoms with van der Waals surface area (Å²) in [6.07, 6.45) is -4.94. The van der Waals surface area contributed by atoms with E-state index in [1.807, 2.05) is 0 Å². The molecule has 0 radical (unpaired) electrons. The molecule has 0 unspecified atom stereocenters. The highest BCUT2D eigenvalue weighted by Crippen LogP contribution is 2.26. The minimum Gasteiger partial charge on any atom is -0.462 e. The number of hydrogen-bond acceptors (Lipinski definition) is 4. The van der Waals surface area contributed by atoms with Crippen LogP contribution in [0.15, 0.2) is 18.2 Å². The van der Waals surface area contributed by atoms with Crippen molar-refractivity contribution in [2.45, 2.75) is 19.7 Å². The molecule has 21 heavy (non-hydrogen) atoms. The Morgan fingerprint density at radius 3 is 2.43 bits per heavy atom. The third-order valence-electron chi connectivity index (χ3n) is 2.34. The van der Waals surface area contributed by atoms with E-state index in [2.05, 4.69) is 4.74 Å². The average Bonchev–Trinajstić information content (AvgIpc) is 2.37. The molecule has 0 spiro atoms. The summed E-state index contributed by atoms with van der Waals surface area (Å²) in [5, 5.41) is 0. The lowest BCUT2D eigenvalue weighted by Crippen LogP contribution is -2.18. The van der Waals surface area contributed by atoms with Gasteiger partial charge >= 0.3 is 12.3 Å². The molecule has 0 aliphatic heterocycles. The van der Waals surface area contributed by atoms with Crippen LogP contribution in [-0.4, -0.2) is 30.6 Å². The second-order valence-electron chi connectivity index (χ2n) is 3.84. The maximum absolute atomic E-state index is 12.2. The van der Waals surface area contributed by atoms with Gasteiger partial charge in [-0.3, -0.25) is 4.79 Å². The van der Waals surface area contributed by atoms with E-state index in [1.54, 1.807) is 0 Å². The normalized spacial score (nSPS) is 11.1. The van der Waals surface area contributed by atoms with E-state index in [-0.39, 0.29) is 30.0 Å². The van der Waals surface area contributed by atoms with Crippen molar-refractivity contribution in [3.63, 3.8) is 0 Å². The fraction of sp³-hybridized carbons (Fsp3) is 0.385. The van der Waals surface area contributed by atoms with Gasteiger partial charge in [0.1, 0.15) is 5.75 Å². The van der Waals surface area contributed by atoms with Gasteiger partial charge in [0.15, 0.2) is 5.78 Å². The Hall–Kier alpha value is -1.76. The summed E-state index contributed by atoms with van der Waals surface area (Å²) >= 11 is 5.45. The summed E-state index contributed by atoms with van der Waals surface area (Å²) in [5.74, 6) is -1.94. The van der Waals surface area contributed by atoms with E-state index < -0.39 is 23.9 Å². The molecule has 0 aliphatic carbocycles. The minimum atomic E-state index is -4.90. The second-order valence-corrected chi connectivity index (χ2v) is 4.22. The molecule has 0 aliphatic rings. The van der Waals surface area contributed by atoms with Crippen molar-refractivity contribution < 1.29 is 32.2 Å². The van der Waals surface area contributed by atoms with Crippen LogP contribution in [0.5, 0.6) is 5.75 Å². The number of benzene rings is 1. The molecule has 0 fully saturated rings. The molecule has 1 rings (SSSR count). The first-order chi connectivity index (χ1) is 9.78. The topological polar surface area (TPSA) is 52.6 Å². The Morgan fingerprint density at radius 2 is 1.90 bits per heavy atom. The molecule has 0 amide bonds. The summed E-state index contributed by atoms with van der Waals surface area (Å²) in [4.78, 5) is 23.6. The third kappa shape index (κ3) is 5.26. The van der Waals surface area contributed by atoms with Crippen molar-refractivity contribution in [3.05, 3.63) is 29.3 Å². The maximum Gasteiger partial charge on any atom is 0.573 e. The van der Waals surface area contributed by atoms with Gasteiger partial charge in [0, 0.05) is 17.9 Å². The molecule has 116 valence electrons. The van der Waals surface area contributed by atoms with Crippen LogP contribution in [0, 0.1) is 0 Å². The number of hydrogen-bond donors (Lipinski definition) is 0. The van der Waals surface area contributed by atoms with Crippen LogP contribution < -0.4 is 4.74 Å². The zero-order valence-electron chi connectivity index (χ0n) is 11.0. The largest absolute Gasteiger partial charge is 0.573 e. The standard InChI is InChI=1S/C13H12ClF3O4/c1-2-20-12(19)10-7-8(21-13(15,16)17)3-4-9(10)11(18)5-6-14/h3-4,7H,2,5-6H2,1H3. The van der Waals surface area contributed by atoms with Crippen molar-refractivity contribution in [3.8, 4) is 5.75 Å². The molecular formula is C13H12ClF3O4. The summed E-state index contributed by atoms with van der Waals surface area (Å²) in [7, 11) is 0. The van der Waals surface area contributed by atoms with Gasteiger partial charge in [-0.1, -0.05) is 0 Å². The fourth-order valence-corrected chi connectivity index (χ4v) is 1.73. The zero-order chi connectivity index (χ0) is 16.0. The second kappa shape index (κ2) is 7.31. The number of carbonyl (C=O) groups excluding carboxylic acids is 2. The van der Waals surface area contributed by atoms with Crippen LogP contribution in [0.2, 0.25) is 0 Å². The first-order valence-electron chi connectivity index (χ1n) is 5.94. The number of carbonyl (C=O) groups is 2. The number of ketones is 1. The van der Waals surface area contributed by atoms with E-state index in [9.17, 15) is 22.8 Å². The smallest absolute Gasteiger partial charge is 0.462 e. The van der Waals surface area contributed by atoms with Crippen molar-refractivity contribution in [1.82, 2.24) is 0 Å². The average molecular weight is 325 g/mol. The number of esters is 1. The van der Waals surface area contributed by atoms with Gasteiger partial charge in [0.2, 0.25) is 0 Å². The highest BCUT2D eigenvalue weighted by atomic mass is 35.5. The van der Waals surface area contributed by atoms with Crippen molar-refractivity contribution in [1.29, 1.82) is 0 Å². The van der Waals surface area contributed by atoms with Crippen LogP contribution in [0.25, 0.3) is 0 Å². The summed E-state index contributed by atoms with van der Waals surface area (Å²) in [5.41, 5.74) is -0.336. The van der Waals surface area contributed by atoms with Gasteiger partial charge in [-0.15, -0.1) is 24.8 Å². The van der Waals surface area contributed by atoms with Gasteiger partial charge in [-0.2, -0.15) is 0 Å². The zero-order valence-corrected chi connectivity index (χ0v) is 11.8. The summed E-state index contributed by atoms with van der Waals surface area (Å²) in [6, 6.07) is 2.87. The van der Waals surface area contributed by atoms with Gasteiger partial charge < -0.3 is 9.47 Å². The number of rotatable bonds is 6. The quantitative estimate of drug-likeness (QED) is 0.456. The molecule has 0 heterocycles. The molecule has 0 saturated carbocycles. The third-order valence-corrected chi connectivity index (χ3v) is 2.53. The number of Topliss-reactive ketones (excluding diaryl/α,β-unsaturated/α-hetero) is 1. The predicted octanol–water partition coefficient (Wildman–Crippen LogP) is 3.57. The number of halogens is 4. The molecule has 0 N–H and O–H groups in total. The van der Waals surface area contributed by atoms with Gasteiger partial charge in [0.05, 0.1) is 12.2 Å². The molecule has 8 heteroatoms. The van der Waals surface area contributed by atoms with Gasteiger partial charge in [-0.25, -0.2) is 4.79 Å².